The number of hydrogen-bond acceptors (Lipinski definition) is 4. The van der Waals surface area contributed by atoms with E-state index in [2.05, 4.69) is 9.72 Å². The number of pyridine rings is 1. The summed E-state index contributed by atoms with van der Waals surface area (Å²) in [6.07, 6.45) is -0.0156. The van der Waals surface area contributed by atoms with Crippen LogP contribution in [0.5, 0.6) is 17.4 Å². The lowest BCUT2D eigenvalue weighted by Gasteiger charge is -2.29. The summed E-state index contributed by atoms with van der Waals surface area (Å²) >= 11 is 0. The Labute approximate surface area is 172 Å². The fraction of sp³-hybridized carbons (Fsp3) is 0.217. The standard InChI is InChI=1S/C23H20F2N2O3/c1-23(24,25)30-18-10-4-9-17(15-18)29-21-19(11-5-13-26-21)22(28)27-14-6-8-16-7-2-3-12-20(16)27/h2-5,7,9-13,15H,6,8,14H2,1H3. The predicted molar refractivity (Wildman–Crippen MR) is 108 cm³/mol. The van der Waals surface area contributed by atoms with E-state index in [0.29, 0.717) is 19.0 Å². The highest BCUT2D eigenvalue weighted by molar-refractivity contribution is 6.08. The quantitative estimate of drug-likeness (QED) is 0.561. The van der Waals surface area contributed by atoms with Crippen molar-refractivity contribution in [2.24, 2.45) is 0 Å². The normalized spacial score (nSPS) is 13.5. The first-order valence-electron chi connectivity index (χ1n) is 9.60. The van der Waals surface area contributed by atoms with Gasteiger partial charge in [0.1, 0.15) is 17.1 Å². The van der Waals surface area contributed by atoms with Crippen LogP contribution in [0.1, 0.15) is 29.3 Å². The van der Waals surface area contributed by atoms with Gasteiger partial charge in [-0.1, -0.05) is 24.3 Å². The highest BCUT2D eigenvalue weighted by Gasteiger charge is 2.27. The molecule has 0 spiro atoms. The Kier molecular flexibility index (Phi) is 5.35. The van der Waals surface area contributed by atoms with Gasteiger partial charge in [0.25, 0.3) is 5.91 Å². The molecule has 0 unspecified atom stereocenters. The molecule has 30 heavy (non-hydrogen) atoms. The van der Waals surface area contributed by atoms with Crippen molar-refractivity contribution in [2.45, 2.75) is 25.9 Å². The number of amides is 1. The molecular formula is C23H20F2N2O3. The van der Waals surface area contributed by atoms with Crippen LogP contribution in [0.3, 0.4) is 0 Å². The second kappa shape index (κ2) is 8.10. The Morgan fingerprint density at radius 2 is 1.87 bits per heavy atom. The van der Waals surface area contributed by atoms with Crippen LogP contribution in [0.2, 0.25) is 0 Å². The highest BCUT2D eigenvalue weighted by Crippen LogP contribution is 2.32. The molecule has 3 aromatic rings. The molecule has 1 aliphatic rings. The molecule has 1 aromatic heterocycles. The summed E-state index contributed by atoms with van der Waals surface area (Å²) in [6.45, 7) is 1.26. The van der Waals surface area contributed by atoms with Gasteiger partial charge < -0.3 is 14.4 Å². The number of carbonyl (C=O) groups is 1. The fourth-order valence-electron chi connectivity index (χ4n) is 3.44. The monoisotopic (exact) mass is 410 g/mol. The third-order valence-corrected chi connectivity index (χ3v) is 4.67. The lowest BCUT2D eigenvalue weighted by molar-refractivity contribution is -0.158. The van der Waals surface area contributed by atoms with Gasteiger partial charge in [-0.2, -0.15) is 8.78 Å². The summed E-state index contributed by atoms with van der Waals surface area (Å²) in [4.78, 5) is 19.2. The van der Waals surface area contributed by atoms with Gasteiger partial charge in [0.2, 0.25) is 5.88 Å². The average Bonchev–Trinajstić information content (AvgIpc) is 2.72. The van der Waals surface area contributed by atoms with E-state index in [1.54, 1.807) is 23.1 Å². The van der Waals surface area contributed by atoms with Crippen molar-refractivity contribution in [3.63, 3.8) is 0 Å². The molecule has 0 saturated heterocycles. The van der Waals surface area contributed by atoms with Crippen LogP contribution in [0, 0.1) is 0 Å². The van der Waals surface area contributed by atoms with E-state index < -0.39 is 6.11 Å². The summed E-state index contributed by atoms with van der Waals surface area (Å²) in [6, 6.07) is 17.0. The van der Waals surface area contributed by atoms with Crippen molar-refractivity contribution < 1.29 is 23.0 Å². The first kappa shape index (κ1) is 19.8. The SMILES string of the molecule is CC(F)(F)Oc1cccc(Oc2ncccc2C(=O)N2CCCc3ccccc32)c1. The zero-order chi connectivity index (χ0) is 21.1. The van der Waals surface area contributed by atoms with Crippen LogP contribution in [0.15, 0.2) is 66.9 Å². The number of rotatable bonds is 5. The molecule has 1 amide bonds. The maximum Gasteiger partial charge on any atom is 0.394 e. The van der Waals surface area contributed by atoms with Gasteiger partial charge in [0.05, 0.1) is 0 Å². The maximum absolute atomic E-state index is 13.3. The Hall–Kier alpha value is -3.48. The summed E-state index contributed by atoms with van der Waals surface area (Å²) in [5.74, 6) is 0.0704. The first-order valence-corrected chi connectivity index (χ1v) is 9.60. The smallest absolute Gasteiger partial charge is 0.394 e. The number of aromatic nitrogens is 1. The van der Waals surface area contributed by atoms with E-state index in [9.17, 15) is 13.6 Å². The van der Waals surface area contributed by atoms with Gasteiger partial charge in [-0.15, -0.1) is 0 Å². The zero-order valence-electron chi connectivity index (χ0n) is 16.3. The van der Waals surface area contributed by atoms with Crippen LogP contribution < -0.4 is 14.4 Å². The summed E-state index contributed by atoms with van der Waals surface area (Å²) in [7, 11) is 0. The molecule has 0 bridgehead atoms. The molecule has 154 valence electrons. The van der Waals surface area contributed by atoms with Crippen molar-refractivity contribution in [1.82, 2.24) is 4.98 Å². The topological polar surface area (TPSA) is 51.7 Å². The van der Waals surface area contributed by atoms with E-state index in [1.165, 1.54) is 24.4 Å². The average molecular weight is 410 g/mol. The lowest BCUT2D eigenvalue weighted by atomic mass is 10.0. The van der Waals surface area contributed by atoms with Gasteiger partial charge in [-0.25, -0.2) is 4.98 Å². The minimum atomic E-state index is -3.31. The second-order valence-corrected chi connectivity index (χ2v) is 7.03. The minimum absolute atomic E-state index is 0.0474. The van der Waals surface area contributed by atoms with E-state index in [-0.39, 0.29) is 23.3 Å². The molecule has 1 aliphatic heterocycles. The lowest BCUT2D eigenvalue weighted by Crippen LogP contribution is -2.35. The number of anilines is 1. The third kappa shape index (κ3) is 4.40. The Morgan fingerprint density at radius 1 is 1.07 bits per heavy atom. The Morgan fingerprint density at radius 3 is 2.70 bits per heavy atom. The van der Waals surface area contributed by atoms with Gasteiger partial charge in [-0.3, -0.25) is 4.79 Å². The number of benzene rings is 2. The Balaban J connectivity index is 1.61. The molecule has 7 heteroatoms. The van der Waals surface area contributed by atoms with Crippen LogP contribution in [0.25, 0.3) is 0 Å². The molecule has 0 fully saturated rings. The van der Waals surface area contributed by atoms with Crippen LogP contribution in [0.4, 0.5) is 14.5 Å². The van der Waals surface area contributed by atoms with Gasteiger partial charge in [-0.05, 0) is 48.7 Å². The number of para-hydroxylation sites is 1. The maximum atomic E-state index is 13.3. The molecule has 0 atom stereocenters. The van der Waals surface area contributed by atoms with Gasteiger partial charge in [0, 0.05) is 31.4 Å². The van der Waals surface area contributed by atoms with E-state index in [4.69, 9.17) is 4.74 Å². The van der Waals surface area contributed by atoms with E-state index in [0.717, 1.165) is 24.1 Å². The van der Waals surface area contributed by atoms with Crippen molar-refractivity contribution in [3.8, 4) is 17.4 Å². The Bertz CT molecular complexity index is 1070. The van der Waals surface area contributed by atoms with Crippen LogP contribution in [-0.2, 0) is 6.42 Å². The molecule has 0 aliphatic carbocycles. The van der Waals surface area contributed by atoms with Crippen molar-refractivity contribution in [2.75, 3.05) is 11.4 Å². The molecule has 4 rings (SSSR count). The molecular weight excluding hydrogens is 390 g/mol. The number of aryl methyl sites for hydroxylation is 1. The zero-order valence-corrected chi connectivity index (χ0v) is 16.3. The number of hydrogen-bond donors (Lipinski definition) is 0. The van der Waals surface area contributed by atoms with E-state index in [1.807, 2.05) is 24.3 Å². The predicted octanol–water partition coefficient (Wildman–Crippen LogP) is 5.46. The molecule has 2 heterocycles. The summed E-state index contributed by atoms with van der Waals surface area (Å²) < 4.78 is 36.6. The molecule has 0 radical (unpaired) electrons. The molecule has 0 N–H and O–H groups in total. The van der Waals surface area contributed by atoms with Crippen LogP contribution in [-0.4, -0.2) is 23.5 Å². The largest absolute Gasteiger partial charge is 0.438 e. The van der Waals surface area contributed by atoms with Gasteiger partial charge >= 0.3 is 6.11 Å². The number of carbonyl (C=O) groups excluding carboxylic acids is 1. The fourth-order valence-corrected chi connectivity index (χ4v) is 3.44. The number of nitrogens with zero attached hydrogens (tertiary/aromatic N) is 2. The van der Waals surface area contributed by atoms with Crippen molar-refractivity contribution >= 4 is 11.6 Å². The highest BCUT2D eigenvalue weighted by atomic mass is 19.3. The third-order valence-electron chi connectivity index (χ3n) is 4.67. The van der Waals surface area contributed by atoms with Crippen LogP contribution >= 0.6 is 0 Å². The van der Waals surface area contributed by atoms with Crippen molar-refractivity contribution in [3.05, 3.63) is 78.0 Å². The number of ether oxygens (including phenoxy) is 2. The number of halogens is 2. The summed E-state index contributed by atoms with van der Waals surface area (Å²) in [5.41, 5.74) is 2.29. The minimum Gasteiger partial charge on any atom is -0.438 e. The molecule has 0 saturated carbocycles. The molecule has 5 nitrogen and oxygen atoms in total. The first-order chi connectivity index (χ1) is 14.4. The summed E-state index contributed by atoms with van der Waals surface area (Å²) in [5, 5.41) is 0. The number of fused-ring (bicyclic) bond motifs is 1. The van der Waals surface area contributed by atoms with E-state index >= 15 is 0 Å². The van der Waals surface area contributed by atoms with Gasteiger partial charge in [0.15, 0.2) is 0 Å². The molecule has 2 aromatic carbocycles. The van der Waals surface area contributed by atoms with Crippen molar-refractivity contribution in [1.29, 1.82) is 0 Å². The second-order valence-electron chi connectivity index (χ2n) is 7.03. The number of alkyl halides is 2.